The lowest BCUT2D eigenvalue weighted by atomic mass is 9.98. The van der Waals surface area contributed by atoms with E-state index in [9.17, 15) is 19.2 Å². The van der Waals surface area contributed by atoms with Crippen molar-refractivity contribution < 1.29 is 23.9 Å². The van der Waals surface area contributed by atoms with Crippen LogP contribution in [0.2, 0.25) is 0 Å². The number of H-pyrrole nitrogens is 1. The number of para-hydroxylation sites is 1. The van der Waals surface area contributed by atoms with Crippen molar-refractivity contribution in [3.63, 3.8) is 0 Å². The van der Waals surface area contributed by atoms with Crippen molar-refractivity contribution in [2.24, 2.45) is 5.73 Å². The van der Waals surface area contributed by atoms with Gasteiger partial charge in [-0.15, -0.1) is 0 Å². The number of nitrogens with one attached hydrogen (secondary N) is 2. The number of aromatic amines is 1. The van der Waals surface area contributed by atoms with Crippen LogP contribution in [-0.4, -0.2) is 85.6 Å². The minimum absolute atomic E-state index is 0.0238. The van der Waals surface area contributed by atoms with Crippen LogP contribution in [0.4, 0.5) is 15.3 Å². The number of benzene rings is 2. The average molecular weight is 623 g/mol. The van der Waals surface area contributed by atoms with Crippen LogP contribution in [0.25, 0.3) is 10.9 Å². The van der Waals surface area contributed by atoms with E-state index in [1.807, 2.05) is 47.4 Å². The van der Waals surface area contributed by atoms with E-state index in [4.69, 9.17) is 10.5 Å². The van der Waals surface area contributed by atoms with Crippen molar-refractivity contribution >= 4 is 40.5 Å². The largest absolute Gasteiger partial charge is 0.436 e. The number of anilines is 1. The smallest absolute Gasteiger partial charge is 0.410 e. The zero-order valence-corrected chi connectivity index (χ0v) is 25.1. The van der Waals surface area contributed by atoms with Crippen molar-refractivity contribution in [2.75, 3.05) is 25.0 Å². The molecule has 46 heavy (non-hydrogen) atoms. The summed E-state index contributed by atoms with van der Waals surface area (Å²) in [6.07, 6.45) is 3.68. The van der Waals surface area contributed by atoms with Gasteiger partial charge in [0.15, 0.2) is 11.8 Å². The first-order chi connectivity index (χ1) is 22.4. The van der Waals surface area contributed by atoms with Crippen LogP contribution in [0.5, 0.6) is 0 Å². The number of primary amides is 1. The predicted octanol–water partition coefficient (Wildman–Crippen LogP) is 3.20. The van der Waals surface area contributed by atoms with Crippen LogP contribution in [0.15, 0.2) is 60.9 Å². The van der Waals surface area contributed by atoms with Crippen LogP contribution in [0.1, 0.15) is 45.6 Å². The zero-order chi connectivity index (χ0) is 31.8. The lowest BCUT2D eigenvalue weighted by Crippen LogP contribution is -2.52. The van der Waals surface area contributed by atoms with Gasteiger partial charge in [-0.05, 0) is 65.8 Å². The summed E-state index contributed by atoms with van der Waals surface area (Å²) in [5, 5.41) is 10.5. The van der Waals surface area contributed by atoms with E-state index < -0.39 is 18.1 Å². The maximum atomic E-state index is 14.0. The average Bonchev–Trinajstić information content (AvgIpc) is 3.46. The number of nitrogens with two attached hydrogens (primary N) is 1. The summed E-state index contributed by atoms with van der Waals surface area (Å²) in [4.78, 5) is 61.7. The number of aromatic nitrogens is 3. The molecule has 0 spiro atoms. The summed E-state index contributed by atoms with van der Waals surface area (Å²) in [5.74, 6) is -0.981. The highest BCUT2D eigenvalue weighted by Crippen LogP contribution is 2.31. The van der Waals surface area contributed by atoms with Crippen LogP contribution in [0, 0.1) is 0 Å². The number of carbonyl (C=O) groups excluding carboxylic acids is 4. The number of amides is 5. The fourth-order valence-electron chi connectivity index (χ4n) is 6.70. The molecule has 3 aliphatic heterocycles. The Morgan fingerprint density at radius 1 is 0.978 bits per heavy atom. The van der Waals surface area contributed by atoms with Gasteiger partial charge in [-0.1, -0.05) is 24.3 Å². The highest BCUT2D eigenvalue weighted by atomic mass is 16.6. The zero-order valence-electron chi connectivity index (χ0n) is 25.1. The Morgan fingerprint density at radius 2 is 1.76 bits per heavy atom. The molecule has 1 atom stereocenters. The van der Waals surface area contributed by atoms with Crippen LogP contribution in [0.3, 0.4) is 0 Å². The summed E-state index contributed by atoms with van der Waals surface area (Å²) in [7, 11) is 0. The van der Waals surface area contributed by atoms with E-state index in [1.54, 1.807) is 28.3 Å². The van der Waals surface area contributed by atoms with E-state index >= 15 is 0 Å². The first-order valence-corrected chi connectivity index (χ1v) is 15.4. The van der Waals surface area contributed by atoms with Gasteiger partial charge in [-0.3, -0.25) is 19.7 Å². The Bertz CT molecular complexity index is 1820. The number of ether oxygens (including phenoxy) is 1. The lowest BCUT2D eigenvalue weighted by Gasteiger charge is -2.40. The molecule has 2 aromatic carbocycles. The molecule has 5 amide bonds. The summed E-state index contributed by atoms with van der Waals surface area (Å²) in [5.41, 5.74) is 10.8. The molecule has 0 bridgehead atoms. The molecule has 0 saturated carbocycles. The second-order valence-corrected chi connectivity index (χ2v) is 11.9. The van der Waals surface area contributed by atoms with Crippen molar-refractivity contribution in [3.8, 4) is 0 Å². The van der Waals surface area contributed by atoms with Crippen molar-refractivity contribution in [2.45, 2.75) is 50.9 Å². The molecule has 3 aliphatic rings. The van der Waals surface area contributed by atoms with Crippen LogP contribution in [-0.2, 0) is 35.5 Å². The highest BCUT2D eigenvalue weighted by molar-refractivity contribution is 6.05. The lowest BCUT2D eigenvalue weighted by molar-refractivity contribution is -0.141. The number of carbonyl (C=O) groups is 4. The number of fused-ring (bicyclic) bond motifs is 4. The standard InChI is InChI=1S/C33H34N8O5/c34-30(42)29-28-24-19-40(14-9-20-7-12-35-13-8-20)31(43)27(17-21(24)5-6-26(28)37-38-29)46-33(45)39-15-10-23(11-16-39)41-18-22-3-1-2-4-25(22)36-32(41)44/h1-8,12-13,23,27H,9-11,14-19H2,(H2,34,42)(H,36,44)(H,37,38). The molecule has 13 nitrogen and oxygen atoms in total. The van der Waals surface area contributed by atoms with Gasteiger partial charge in [-0.25, -0.2) is 9.59 Å². The summed E-state index contributed by atoms with van der Waals surface area (Å²) in [6, 6.07) is 15.0. The van der Waals surface area contributed by atoms with E-state index in [0.717, 1.165) is 27.9 Å². The van der Waals surface area contributed by atoms with Crippen LogP contribution >= 0.6 is 0 Å². The van der Waals surface area contributed by atoms with Gasteiger partial charge in [0.25, 0.3) is 11.8 Å². The molecule has 5 heterocycles. The maximum absolute atomic E-state index is 14.0. The first kappa shape index (κ1) is 29.3. The van der Waals surface area contributed by atoms with Gasteiger partial charge >= 0.3 is 12.1 Å². The minimum Gasteiger partial charge on any atom is -0.436 e. The molecule has 4 N–H and O–H groups in total. The topological polar surface area (TPSA) is 167 Å². The van der Waals surface area contributed by atoms with Gasteiger partial charge in [0.05, 0.1) is 5.52 Å². The summed E-state index contributed by atoms with van der Waals surface area (Å²) >= 11 is 0. The normalized spacial score (nSPS) is 18.5. The van der Waals surface area contributed by atoms with Gasteiger partial charge in [-0.2, -0.15) is 5.10 Å². The number of hydrogen-bond acceptors (Lipinski definition) is 7. The number of likely N-dealkylation sites (tertiary alicyclic amines) is 1. The third-order valence-electron chi connectivity index (χ3n) is 9.20. The fraction of sp³-hybridized carbons (Fsp3) is 0.333. The molecule has 7 rings (SSSR count). The van der Waals surface area contributed by atoms with Gasteiger partial charge in [0.2, 0.25) is 0 Å². The van der Waals surface area contributed by atoms with E-state index in [0.29, 0.717) is 56.3 Å². The number of hydrogen-bond donors (Lipinski definition) is 3. The second kappa shape index (κ2) is 12.1. The number of pyridine rings is 1. The molecular weight excluding hydrogens is 588 g/mol. The monoisotopic (exact) mass is 622 g/mol. The molecule has 13 heteroatoms. The van der Waals surface area contributed by atoms with E-state index in [1.165, 1.54) is 0 Å². The number of urea groups is 1. The molecule has 236 valence electrons. The Balaban J connectivity index is 1.08. The van der Waals surface area contributed by atoms with Crippen molar-refractivity contribution in [3.05, 3.63) is 88.9 Å². The molecule has 0 aliphatic carbocycles. The summed E-state index contributed by atoms with van der Waals surface area (Å²) in [6.45, 7) is 1.88. The second-order valence-electron chi connectivity index (χ2n) is 11.9. The van der Waals surface area contributed by atoms with Crippen molar-refractivity contribution in [1.29, 1.82) is 0 Å². The van der Waals surface area contributed by atoms with Crippen LogP contribution < -0.4 is 11.1 Å². The third-order valence-corrected chi connectivity index (χ3v) is 9.20. The maximum Gasteiger partial charge on any atom is 0.410 e. The molecule has 4 aromatic rings. The number of rotatable bonds is 6. The Kier molecular flexibility index (Phi) is 7.73. The van der Waals surface area contributed by atoms with E-state index in [-0.39, 0.29) is 36.6 Å². The van der Waals surface area contributed by atoms with Gasteiger partial charge in [0, 0.05) is 68.7 Å². The Hall–Kier alpha value is -5.46. The Morgan fingerprint density at radius 3 is 2.54 bits per heavy atom. The molecule has 2 aromatic heterocycles. The SMILES string of the molecule is NC(=O)c1n[nH]c2ccc3c(c12)CN(CCc1ccncc1)C(=O)C(OC(=O)N1CCC(N2Cc4ccccc4NC2=O)CC1)C3. The molecule has 1 unspecified atom stereocenters. The van der Waals surface area contributed by atoms with E-state index in [2.05, 4.69) is 20.5 Å². The molecular formula is C33H34N8O5. The first-order valence-electron chi connectivity index (χ1n) is 15.4. The molecule has 1 fully saturated rings. The third kappa shape index (κ3) is 5.59. The minimum atomic E-state index is -1.06. The van der Waals surface area contributed by atoms with Gasteiger partial charge < -0.3 is 30.5 Å². The van der Waals surface area contributed by atoms with Gasteiger partial charge in [0.1, 0.15) is 0 Å². The highest BCUT2D eigenvalue weighted by Gasteiger charge is 2.37. The fourth-order valence-corrected chi connectivity index (χ4v) is 6.70. The number of nitrogens with zero attached hydrogens (tertiary/aromatic N) is 5. The number of piperidine rings is 1. The molecule has 0 radical (unpaired) electrons. The summed E-state index contributed by atoms with van der Waals surface area (Å²) < 4.78 is 5.96. The Labute approximate surface area is 264 Å². The predicted molar refractivity (Wildman–Crippen MR) is 168 cm³/mol. The quantitative estimate of drug-likeness (QED) is 0.297. The van der Waals surface area contributed by atoms with Crippen molar-refractivity contribution in [1.82, 2.24) is 29.9 Å². The molecule has 1 saturated heterocycles.